The number of nitrogens with one attached hydrogen (secondary N) is 1. The third-order valence-electron chi connectivity index (χ3n) is 3.19. The van der Waals surface area contributed by atoms with Gasteiger partial charge in [-0.1, -0.05) is 0 Å². The number of benzene rings is 2. The number of non-ortho nitro benzene ring substituents is 2. The van der Waals surface area contributed by atoms with Crippen LogP contribution in [0.15, 0.2) is 48.0 Å². The smallest absolute Gasteiger partial charge is 0.271 e. The van der Waals surface area contributed by atoms with E-state index in [2.05, 4.69) is 5.32 Å². The Balaban J connectivity index is 2.26. The van der Waals surface area contributed by atoms with Crippen LogP contribution in [0.25, 0.3) is 6.08 Å². The molecule has 0 atom stereocenters. The molecule has 0 aliphatic heterocycles. The fraction of sp³-hybridized carbons (Fsp3) is 0. The van der Waals surface area contributed by atoms with E-state index >= 15 is 0 Å². The molecular weight excluding hydrogens is 347 g/mol. The second-order valence-electron chi connectivity index (χ2n) is 4.89. The van der Waals surface area contributed by atoms with Crippen LogP contribution >= 0.6 is 0 Å². The van der Waals surface area contributed by atoms with Crippen molar-refractivity contribution in [2.24, 2.45) is 0 Å². The van der Waals surface area contributed by atoms with Crippen LogP contribution in [0, 0.1) is 37.4 Å². The Morgan fingerprint density at radius 1 is 1.08 bits per heavy atom. The summed E-state index contributed by atoms with van der Waals surface area (Å²) in [5.74, 6) is -1.89. The SMILES string of the molecule is N#CC(=Cc1ccc([N+](=O)[O-])cc1)C(=O)Nc1cc([N+](=O)[O-])ccc1F. The topological polar surface area (TPSA) is 139 Å². The Kier molecular flexibility index (Phi) is 5.34. The quantitative estimate of drug-likeness (QED) is 0.378. The number of rotatable bonds is 5. The van der Waals surface area contributed by atoms with E-state index in [1.54, 1.807) is 6.07 Å². The van der Waals surface area contributed by atoms with Gasteiger partial charge in [-0.05, 0) is 29.8 Å². The summed E-state index contributed by atoms with van der Waals surface area (Å²) >= 11 is 0. The van der Waals surface area contributed by atoms with Gasteiger partial charge >= 0.3 is 0 Å². The molecule has 0 spiro atoms. The zero-order chi connectivity index (χ0) is 19.3. The van der Waals surface area contributed by atoms with Gasteiger partial charge in [-0.15, -0.1) is 0 Å². The minimum atomic E-state index is -0.981. The van der Waals surface area contributed by atoms with Crippen molar-refractivity contribution in [3.8, 4) is 6.07 Å². The van der Waals surface area contributed by atoms with Gasteiger partial charge in [0.2, 0.25) is 0 Å². The molecule has 0 aliphatic carbocycles. The summed E-state index contributed by atoms with van der Waals surface area (Å²) in [5.41, 5.74) is -1.12. The molecular formula is C16H9FN4O5. The first kappa shape index (κ1) is 18.2. The number of halogens is 1. The molecule has 26 heavy (non-hydrogen) atoms. The molecule has 0 saturated heterocycles. The number of hydrogen-bond donors (Lipinski definition) is 1. The zero-order valence-corrected chi connectivity index (χ0v) is 12.9. The average Bonchev–Trinajstić information content (AvgIpc) is 2.61. The van der Waals surface area contributed by atoms with E-state index in [1.165, 1.54) is 24.3 Å². The number of nitro groups is 2. The van der Waals surface area contributed by atoms with Crippen LogP contribution in [0.1, 0.15) is 5.56 Å². The Labute approximate surface area is 145 Å². The molecule has 10 heteroatoms. The average molecular weight is 356 g/mol. The molecule has 9 nitrogen and oxygen atoms in total. The predicted molar refractivity (Wildman–Crippen MR) is 88.4 cm³/mol. The molecule has 0 unspecified atom stereocenters. The predicted octanol–water partition coefficient (Wildman–Crippen LogP) is 3.19. The van der Waals surface area contributed by atoms with Gasteiger partial charge in [-0.3, -0.25) is 25.0 Å². The Morgan fingerprint density at radius 3 is 2.19 bits per heavy atom. The molecule has 2 rings (SSSR count). The number of carbonyl (C=O) groups is 1. The normalized spacial score (nSPS) is 10.7. The summed E-state index contributed by atoms with van der Waals surface area (Å²) in [6, 6.07) is 9.25. The number of nitro benzene ring substituents is 2. The standard InChI is InChI=1S/C16H9FN4O5/c17-14-6-5-13(21(25)26)8-15(14)19-16(22)11(9-18)7-10-1-3-12(4-2-10)20(23)24/h1-8H,(H,19,22). The number of nitrogens with zero attached hydrogens (tertiary/aromatic N) is 3. The van der Waals surface area contributed by atoms with Gasteiger partial charge in [0.1, 0.15) is 17.5 Å². The molecule has 0 fully saturated rings. The summed E-state index contributed by atoms with van der Waals surface area (Å²) < 4.78 is 13.7. The first-order chi connectivity index (χ1) is 12.3. The van der Waals surface area contributed by atoms with E-state index in [4.69, 9.17) is 5.26 Å². The molecule has 0 aliphatic rings. The summed E-state index contributed by atoms with van der Waals surface area (Å²) in [4.78, 5) is 32.1. The number of amides is 1. The van der Waals surface area contributed by atoms with Crippen molar-refractivity contribution in [3.05, 3.63) is 79.6 Å². The highest BCUT2D eigenvalue weighted by atomic mass is 19.1. The third kappa shape index (κ3) is 4.24. The zero-order valence-electron chi connectivity index (χ0n) is 12.9. The Morgan fingerprint density at radius 2 is 1.65 bits per heavy atom. The van der Waals surface area contributed by atoms with Crippen molar-refractivity contribution >= 4 is 29.0 Å². The maximum Gasteiger partial charge on any atom is 0.271 e. The highest BCUT2D eigenvalue weighted by Gasteiger charge is 2.16. The van der Waals surface area contributed by atoms with Crippen LogP contribution in [0.5, 0.6) is 0 Å². The van der Waals surface area contributed by atoms with Gasteiger partial charge in [0.05, 0.1) is 15.5 Å². The van der Waals surface area contributed by atoms with E-state index in [0.29, 0.717) is 5.56 Å². The van der Waals surface area contributed by atoms with E-state index in [9.17, 15) is 29.4 Å². The van der Waals surface area contributed by atoms with E-state index in [1.807, 2.05) is 0 Å². The molecule has 0 bridgehead atoms. The Bertz CT molecular complexity index is 964. The van der Waals surface area contributed by atoms with Crippen LogP contribution in [0.3, 0.4) is 0 Å². The largest absolute Gasteiger partial charge is 0.319 e. The second kappa shape index (κ2) is 7.63. The number of hydrogen-bond acceptors (Lipinski definition) is 6. The lowest BCUT2D eigenvalue weighted by Gasteiger charge is -2.05. The summed E-state index contributed by atoms with van der Waals surface area (Å²) in [6.07, 6.45) is 1.15. The van der Waals surface area contributed by atoms with Gasteiger partial charge < -0.3 is 5.32 Å². The van der Waals surface area contributed by atoms with Crippen LogP contribution in [-0.4, -0.2) is 15.8 Å². The maximum absolute atomic E-state index is 13.7. The molecule has 0 saturated carbocycles. The minimum absolute atomic E-state index is 0.163. The number of carbonyl (C=O) groups excluding carboxylic acids is 1. The lowest BCUT2D eigenvalue weighted by atomic mass is 10.1. The van der Waals surface area contributed by atoms with Gasteiger partial charge in [-0.2, -0.15) is 5.26 Å². The first-order valence-electron chi connectivity index (χ1n) is 6.93. The fourth-order valence-electron chi connectivity index (χ4n) is 1.92. The van der Waals surface area contributed by atoms with E-state index in [-0.39, 0.29) is 5.69 Å². The van der Waals surface area contributed by atoms with Gasteiger partial charge in [0.15, 0.2) is 0 Å². The lowest BCUT2D eigenvalue weighted by Crippen LogP contribution is -2.14. The van der Waals surface area contributed by atoms with Gasteiger partial charge in [0.25, 0.3) is 17.3 Å². The summed E-state index contributed by atoms with van der Waals surface area (Å²) in [6.45, 7) is 0. The lowest BCUT2D eigenvalue weighted by molar-refractivity contribution is -0.385. The fourth-order valence-corrected chi connectivity index (χ4v) is 1.92. The first-order valence-corrected chi connectivity index (χ1v) is 6.93. The number of nitriles is 1. The second-order valence-corrected chi connectivity index (χ2v) is 4.89. The number of anilines is 1. The molecule has 0 heterocycles. The van der Waals surface area contributed by atoms with E-state index in [0.717, 1.165) is 24.3 Å². The molecule has 0 aromatic heterocycles. The molecule has 1 amide bonds. The maximum atomic E-state index is 13.7. The Hall–Kier alpha value is -4.13. The van der Waals surface area contributed by atoms with Crippen molar-refractivity contribution in [3.63, 3.8) is 0 Å². The molecule has 1 N–H and O–H groups in total. The molecule has 130 valence electrons. The third-order valence-corrected chi connectivity index (χ3v) is 3.19. The van der Waals surface area contributed by atoms with E-state index < -0.39 is 38.5 Å². The van der Waals surface area contributed by atoms with Crippen molar-refractivity contribution in [2.45, 2.75) is 0 Å². The van der Waals surface area contributed by atoms with Crippen LogP contribution < -0.4 is 5.32 Å². The van der Waals surface area contributed by atoms with Crippen LogP contribution in [-0.2, 0) is 4.79 Å². The van der Waals surface area contributed by atoms with Gasteiger partial charge in [0, 0.05) is 24.3 Å². The van der Waals surface area contributed by atoms with Crippen molar-refractivity contribution in [1.82, 2.24) is 0 Å². The summed E-state index contributed by atoms with van der Waals surface area (Å²) in [7, 11) is 0. The highest BCUT2D eigenvalue weighted by Crippen LogP contribution is 2.22. The van der Waals surface area contributed by atoms with Crippen molar-refractivity contribution in [1.29, 1.82) is 5.26 Å². The molecule has 2 aromatic rings. The molecule has 2 aromatic carbocycles. The van der Waals surface area contributed by atoms with Crippen LogP contribution in [0.2, 0.25) is 0 Å². The highest BCUT2D eigenvalue weighted by molar-refractivity contribution is 6.09. The van der Waals surface area contributed by atoms with Crippen LogP contribution in [0.4, 0.5) is 21.5 Å². The molecule has 0 radical (unpaired) electrons. The summed E-state index contributed by atoms with van der Waals surface area (Å²) in [5, 5.41) is 32.5. The van der Waals surface area contributed by atoms with Crippen molar-refractivity contribution < 1.29 is 19.0 Å². The van der Waals surface area contributed by atoms with Gasteiger partial charge in [-0.25, -0.2) is 4.39 Å². The minimum Gasteiger partial charge on any atom is -0.319 e. The van der Waals surface area contributed by atoms with Crippen molar-refractivity contribution in [2.75, 3.05) is 5.32 Å². The monoisotopic (exact) mass is 356 g/mol.